The van der Waals surface area contributed by atoms with Gasteiger partial charge in [-0.3, -0.25) is 13.9 Å². The molecule has 0 spiro atoms. The van der Waals surface area contributed by atoms with E-state index in [1.54, 1.807) is 48.5 Å². The lowest BCUT2D eigenvalue weighted by Gasteiger charge is -2.24. The van der Waals surface area contributed by atoms with Crippen LogP contribution in [0.4, 0.5) is 5.69 Å². The number of hydrogen-bond acceptors (Lipinski definition) is 7. The molecule has 3 rings (SSSR count). The number of nitrogens with zero attached hydrogens (tertiary/aromatic N) is 2. The Hall–Kier alpha value is -4.38. The molecule has 36 heavy (non-hydrogen) atoms. The lowest BCUT2D eigenvalue weighted by atomic mass is 10.2. The minimum absolute atomic E-state index is 0.0128. The fourth-order valence-corrected chi connectivity index (χ4v) is 4.47. The molecule has 2 amide bonds. The number of primary amides is 1. The van der Waals surface area contributed by atoms with Crippen molar-refractivity contribution in [2.75, 3.05) is 24.6 Å². The fourth-order valence-electron chi connectivity index (χ4n) is 3.05. The van der Waals surface area contributed by atoms with Gasteiger partial charge in [0.2, 0.25) is 0 Å². The van der Waals surface area contributed by atoms with Crippen LogP contribution in [0.15, 0.2) is 82.8 Å². The zero-order valence-corrected chi connectivity index (χ0v) is 20.6. The molecule has 10 nitrogen and oxygen atoms in total. The normalized spacial score (nSPS) is 11.2. The molecule has 0 atom stereocenters. The molecule has 0 heterocycles. The van der Waals surface area contributed by atoms with Gasteiger partial charge in [0.1, 0.15) is 18.0 Å². The third-order valence-corrected chi connectivity index (χ3v) is 6.71. The van der Waals surface area contributed by atoms with Crippen LogP contribution in [0.1, 0.15) is 11.1 Å². The van der Waals surface area contributed by atoms with Gasteiger partial charge in [-0.05, 0) is 73.2 Å². The first-order valence-corrected chi connectivity index (χ1v) is 12.2. The van der Waals surface area contributed by atoms with Gasteiger partial charge < -0.3 is 15.2 Å². The molecular formula is C25H26N4O6S. The van der Waals surface area contributed by atoms with Crippen LogP contribution in [0.3, 0.4) is 0 Å². The minimum Gasteiger partial charge on any atom is -0.497 e. The highest BCUT2D eigenvalue weighted by Crippen LogP contribution is 2.25. The van der Waals surface area contributed by atoms with Crippen molar-refractivity contribution in [3.8, 4) is 11.5 Å². The molecule has 3 aromatic carbocycles. The van der Waals surface area contributed by atoms with Crippen LogP contribution in [0.2, 0.25) is 0 Å². The molecule has 0 aliphatic carbocycles. The zero-order chi connectivity index (χ0) is 26.1. The van der Waals surface area contributed by atoms with Gasteiger partial charge in [-0.2, -0.15) is 5.10 Å². The van der Waals surface area contributed by atoms with Crippen molar-refractivity contribution in [1.82, 2.24) is 5.43 Å². The Balaban J connectivity index is 1.73. The van der Waals surface area contributed by atoms with Crippen molar-refractivity contribution in [1.29, 1.82) is 0 Å². The first-order chi connectivity index (χ1) is 17.2. The van der Waals surface area contributed by atoms with Crippen LogP contribution in [-0.4, -0.2) is 46.7 Å². The SMILES string of the molecule is COc1ccc(S(=O)(=O)N(CC(=O)N/N=C/c2ccc(OCC(N)=O)cc2)c2ccc(C)cc2)cc1. The van der Waals surface area contributed by atoms with Crippen molar-refractivity contribution in [2.24, 2.45) is 10.8 Å². The van der Waals surface area contributed by atoms with Gasteiger partial charge >= 0.3 is 0 Å². The summed E-state index contributed by atoms with van der Waals surface area (Å²) in [5.41, 5.74) is 9.32. The lowest BCUT2D eigenvalue weighted by Crippen LogP contribution is -2.39. The molecule has 11 heteroatoms. The van der Waals surface area contributed by atoms with Crippen LogP contribution >= 0.6 is 0 Å². The van der Waals surface area contributed by atoms with Crippen molar-refractivity contribution >= 4 is 33.7 Å². The Morgan fingerprint density at radius 3 is 2.17 bits per heavy atom. The summed E-state index contributed by atoms with van der Waals surface area (Å²) in [6.07, 6.45) is 1.39. The maximum absolute atomic E-state index is 13.4. The number of methoxy groups -OCH3 is 1. The van der Waals surface area contributed by atoms with Gasteiger partial charge in [-0.1, -0.05) is 17.7 Å². The number of benzene rings is 3. The first kappa shape index (κ1) is 26.2. The average Bonchev–Trinajstić information content (AvgIpc) is 2.87. The molecule has 0 saturated heterocycles. The summed E-state index contributed by atoms with van der Waals surface area (Å²) in [4.78, 5) is 23.4. The molecule has 188 valence electrons. The maximum atomic E-state index is 13.4. The number of aryl methyl sites for hydroxylation is 1. The quantitative estimate of drug-likeness (QED) is 0.299. The number of hydrogen-bond donors (Lipinski definition) is 2. The Morgan fingerprint density at radius 1 is 0.972 bits per heavy atom. The summed E-state index contributed by atoms with van der Waals surface area (Å²) in [7, 11) is -2.58. The number of carbonyl (C=O) groups excluding carboxylic acids is 2. The summed E-state index contributed by atoms with van der Waals surface area (Å²) in [6, 6.07) is 19.3. The monoisotopic (exact) mass is 510 g/mol. The van der Waals surface area contributed by atoms with E-state index in [1.807, 2.05) is 6.92 Å². The number of rotatable bonds is 11. The third-order valence-electron chi connectivity index (χ3n) is 4.92. The summed E-state index contributed by atoms with van der Waals surface area (Å²) >= 11 is 0. The van der Waals surface area contributed by atoms with E-state index >= 15 is 0 Å². The van der Waals surface area contributed by atoms with Crippen LogP contribution in [-0.2, 0) is 19.6 Å². The number of hydrazone groups is 1. The summed E-state index contributed by atoms with van der Waals surface area (Å²) < 4.78 is 38.1. The number of amides is 2. The second-order valence-electron chi connectivity index (χ2n) is 7.64. The smallest absolute Gasteiger partial charge is 0.264 e. The molecule has 3 aromatic rings. The van der Waals surface area contributed by atoms with Crippen molar-refractivity contribution < 1.29 is 27.5 Å². The van der Waals surface area contributed by atoms with Crippen LogP contribution in [0.5, 0.6) is 11.5 Å². The maximum Gasteiger partial charge on any atom is 0.264 e. The van der Waals surface area contributed by atoms with Crippen molar-refractivity contribution in [3.05, 3.63) is 83.9 Å². The molecule has 0 radical (unpaired) electrons. The molecule has 0 unspecified atom stereocenters. The lowest BCUT2D eigenvalue weighted by molar-refractivity contribution is -0.120. The molecule has 0 aliphatic heterocycles. The van der Waals surface area contributed by atoms with Crippen molar-refractivity contribution in [2.45, 2.75) is 11.8 Å². The molecule has 0 aromatic heterocycles. The Kier molecular flexibility index (Phi) is 8.63. The van der Waals surface area contributed by atoms with Crippen LogP contribution in [0, 0.1) is 6.92 Å². The van der Waals surface area contributed by atoms with Gasteiger partial charge in [0.25, 0.3) is 21.8 Å². The highest BCUT2D eigenvalue weighted by molar-refractivity contribution is 7.92. The van der Waals surface area contributed by atoms with Gasteiger partial charge in [0.05, 0.1) is 23.9 Å². The molecule has 0 saturated carbocycles. The largest absolute Gasteiger partial charge is 0.497 e. The fraction of sp³-hybridized carbons (Fsp3) is 0.160. The van der Waals surface area contributed by atoms with Gasteiger partial charge in [0, 0.05) is 0 Å². The van der Waals surface area contributed by atoms with E-state index in [9.17, 15) is 18.0 Å². The van der Waals surface area contributed by atoms with Gasteiger partial charge in [0.15, 0.2) is 6.61 Å². The average molecular weight is 511 g/mol. The Morgan fingerprint density at radius 2 is 1.58 bits per heavy atom. The Bertz CT molecular complexity index is 1320. The summed E-state index contributed by atoms with van der Waals surface area (Å²) in [5, 5.41) is 3.91. The highest BCUT2D eigenvalue weighted by Gasteiger charge is 2.27. The topological polar surface area (TPSA) is 140 Å². The minimum atomic E-state index is -4.06. The van der Waals surface area contributed by atoms with Crippen LogP contribution in [0.25, 0.3) is 0 Å². The highest BCUT2D eigenvalue weighted by atomic mass is 32.2. The van der Waals surface area contributed by atoms with E-state index in [0.29, 0.717) is 22.7 Å². The van der Waals surface area contributed by atoms with E-state index in [4.69, 9.17) is 15.2 Å². The number of carbonyl (C=O) groups is 2. The Labute approximate surface area is 209 Å². The molecule has 0 aliphatic rings. The van der Waals surface area contributed by atoms with E-state index in [1.165, 1.54) is 37.6 Å². The number of nitrogens with two attached hydrogens (primary N) is 1. The van der Waals surface area contributed by atoms with E-state index in [2.05, 4.69) is 10.5 Å². The number of nitrogens with one attached hydrogen (secondary N) is 1. The standard InChI is InChI=1S/C25H26N4O6S/c1-18-3-7-20(8-4-18)29(36(32,33)23-13-11-21(34-2)12-14-23)16-25(31)28-27-15-19-5-9-22(10-6-19)35-17-24(26)30/h3-15H,16-17H2,1-2H3,(H2,26,30)(H,28,31)/b27-15+. The predicted molar refractivity (Wildman–Crippen MR) is 136 cm³/mol. The summed E-state index contributed by atoms with van der Waals surface area (Å²) in [5.74, 6) is -0.259. The molecule has 3 N–H and O–H groups in total. The second-order valence-corrected chi connectivity index (χ2v) is 9.50. The van der Waals surface area contributed by atoms with Gasteiger partial charge in [-0.15, -0.1) is 0 Å². The van der Waals surface area contributed by atoms with Crippen LogP contribution < -0.4 is 24.9 Å². The molecule has 0 bridgehead atoms. The van der Waals surface area contributed by atoms with E-state index in [0.717, 1.165) is 9.87 Å². The number of ether oxygens (including phenoxy) is 2. The number of anilines is 1. The van der Waals surface area contributed by atoms with E-state index in [-0.39, 0.29) is 11.5 Å². The molecule has 0 fully saturated rings. The van der Waals surface area contributed by atoms with Crippen molar-refractivity contribution in [3.63, 3.8) is 0 Å². The third kappa shape index (κ3) is 7.06. The molecular weight excluding hydrogens is 484 g/mol. The second kappa shape index (κ2) is 11.8. The zero-order valence-electron chi connectivity index (χ0n) is 19.7. The summed E-state index contributed by atoms with van der Waals surface area (Å²) in [6.45, 7) is 1.15. The predicted octanol–water partition coefficient (Wildman–Crippen LogP) is 2.21. The first-order valence-electron chi connectivity index (χ1n) is 10.8. The van der Waals surface area contributed by atoms with E-state index < -0.39 is 28.4 Å². The number of sulfonamides is 1. The van der Waals surface area contributed by atoms with Gasteiger partial charge in [-0.25, -0.2) is 13.8 Å².